The van der Waals surface area contributed by atoms with Crippen molar-refractivity contribution in [3.8, 4) is 11.3 Å². The molecule has 0 saturated carbocycles. The van der Waals surface area contributed by atoms with Gasteiger partial charge in [0.05, 0.1) is 31.1 Å². The van der Waals surface area contributed by atoms with Crippen LogP contribution in [-0.4, -0.2) is 58.8 Å². The molecule has 5 rings (SSSR count). The van der Waals surface area contributed by atoms with E-state index in [1.807, 2.05) is 10.7 Å². The van der Waals surface area contributed by atoms with Crippen LogP contribution in [-0.2, 0) is 16.1 Å². The molecule has 6 nitrogen and oxygen atoms in total. The van der Waals surface area contributed by atoms with Gasteiger partial charge in [-0.2, -0.15) is 0 Å². The summed E-state index contributed by atoms with van der Waals surface area (Å²) in [6.07, 6.45) is 1.27. The summed E-state index contributed by atoms with van der Waals surface area (Å²) in [5, 5.41) is 8.62. The smallest absolute Gasteiger partial charge is 0.132 e. The van der Waals surface area contributed by atoms with Crippen LogP contribution in [0.1, 0.15) is 18.2 Å². The van der Waals surface area contributed by atoms with Crippen LogP contribution in [0.5, 0.6) is 0 Å². The van der Waals surface area contributed by atoms with E-state index < -0.39 is 0 Å². The van der Waals surface area contributed by atoms with Gasteiger partial charge in [0, 0.05) is 31.8 Å². The lowest BCUT2D eigenvalue weighted by atomic mass is 10.1. The van der Waals surface area contributed by atoms with Crippen molar-refractivity contribution < 1.29 is 13.9 Å². The average molecular weight is 344 g/mol. The number of aromatic nitrogens is 3. The van der Waals surface area contributed by atoms with Crippen molar-refractivity contribution in [2.24, 2.45) is 5.92 Å². The van der Waals surface area contributed by atoms with Gasteiger partial charge in [-0.15, -0.1) is 5.10 Å². The van der Waals surface area contributed by atoms with Gasteiger partial charge in [-0.3, -0.25) is 4.90 Å². The molecule has 3 aliphatic heterocycles. The second-order valence-corrected chi connectivity index (χ2v) is 7.17. The highest BCUT2D eigenvalue weighted by Crippen LogP contribution is 2.35. The molecule has 2 fully saturated rings. The molecule has 1 aromatic heterocycles. The lowest BCUT2D eigenvalue weighted by Crippen LogP contribution is -2.32. The number of fused-ring (bicyclic) bond motifs is 3. The van der Waals surface area contributed by atoms with Crippen molar-refractivity contribution in [3.05, 3.63) is 35.8 Å². The Labute approximate surface area is 145 Å². The molecule has 25 heavy (non-hydrogen) atoms. The zero-order valence-electron chi connectivity index (χ0n) is 14.0. The Morgan fingerprint density at radius 1 is 1.24 bits per heavy atom. The molecule has 3 atom stereocenters. The number of nitrogens with zero attached hydrogens (tertiary/aromatic N) is 4. The molecule has 2 saturated heterocycles. The molecule has 0 amide bonds. The van der Waals surface area contributed by atoms with Crippen LogP contribution < -0.4 is 0 Å². The topological polar surface area (TPSA) is 52.4 Å². The van der Waals surface area contributed by atoms with Crippen molar-refractivity contribution in [2.75, 3.05) is 32.8 Å². The summed E-state index contributed by atoms with van der Waals surface area (Å²) in [7, 11) is 0. The minimum absolute atomic E-state index is 0.130. The van der Waals surface area contributed by atoms with E-state index >= 15 is 0 Å². The summed E-state index contributed by atoms with van der Waals surface area (Å²) < 4.78 is 27.7. The van der Waals surface area contributed by atoms with Crippen LogP contribution in [0.15, 0.2) is 24.3 Å². The maximum atomic E-state index is 14.1. The standard InChI is InChI=1S/C18H21FN4O2/c19-14-4-2-1-3-13(14)18-16-11-25-17-9-22(7-12-5-6-24-10-12)8-15(17)23(16)21-20-18/h1-4,12,15,17H,5-11H2/t12-,15+,17+/m1/s1. The van der Waals surface area contributed by atoms with Gasteiger partial charge in [-0.1, -0.05) is 17.3 Å². The van der Waals surface area contributed by atoms with Crippen LogP contribution in [0.25, 0.3) is 11.3 Å². The largest absolute Gasteiger partial charge is 0.381 e. The van der Waals surface area contributed by atoms with Crippen molar-refractivity contribution in [2.45, 2.75) is 25.2 Å². The first kappa shape index (κ1) is 15.4. The summed E-state index contributed by atoms with van der Waals surface area (Å²) in [5.41, 5.74) is 1.96. The molecule has 0 bridgehead atoms. The van der Waals surface area contributed by atoms with Gasteiger partial charge in [0.2, 0.25) is 0 Å². The molecule has 132 valence electrons. The van der Waals surface area contributed by atoms with E-state index in [0.29, 0.717) is 23.8 Å². The first-order valence-electron chi connectivity index (χ1n) is 8.90. The number of ether oxygens (including phenoxy) is 2. The fourth-order valence-electron chi connectivity index (χ4n) is 4.24. The Kier molecular flexibility index (Phi) is 3.80. The minimum atomic E-state index is -0.276. The quantitative estimate of drug-likeness (QED) is 0.851. The second-order valence-electron chi connectivity index (χ2n) is 7.17. The van der Waals surface area contributed by atoms with E-state index in [9.17, 15) is 4.39 Å². The highest BCUT2D eigenvalue weighted by atomic mass is 19.1. The zero-order chi connectivity index (χ0) is 16.8. The third-order valence-electron chi connectivity index (χ3n) is 5.52. The van der Waals surface area contributed by atoms with Crippen LogP contribution in [0, 0.1) is 11.7 Å². The zero-order valence-corrected chi connectivity index (χ0v) is 14.0. The number of hydrogen-bond donors (Lipinski definition) is 0. The first-order chi connectivity index (χ1) is 12.3. The molecule has 1 aromatic carbocycles. The van der Waals surface area contributed by atoms with E-state index in [4.69, 9.17) is 9.47 Å². The highest BCUT2D eigenvalue weighted by molar-refractivity contribution is 5.62. The Morgan fingerprint density at radius 3 is 3.00 bits per heavy atom. The average Bonchev–Trinajstić information content (AvgIpc) is 3.33. The predicted octanol–water partition coefficient (Wildman–Crippen LogP) is 1.88. The molecule has 0 radical (unpaired) electrons. The van der Waals surface area contributed by atoms with Gasteiger partial charge in [-0.25, -0.2) is 9.07 Å². The molecular weight excluding hydrogens is 323 g/mol. The summed E-state index contributed by atoms with van der Waals surface area (Å²) in [4.78, 5) is 2.44. The van der Waals surface area contributed by atoms with E-state index in [0.717, 1.165) is 45.0 Å². The molecule has 3 aliphatic rings. The Bertz CT molecular complexity index is 774. The minimum Gasteiger partial charge on any atom is -0.381 e. The maximum absolute atomic E-state index is 14.1. The number of halogens is 1. The third-order valence-corrected chi connectivity index (χ3v) is 5.52. The van der Waals surface area contributed by atoms with Gasteiger partial charge < -0.3 is 9.47 Å². The molecular formula is C18H21FN4O2. The molecule has 0 unspecified atom stereocenters. The monoisotopic (exact) mass is 344 g/mol. The lowest BCUT2D eigenvalue weighted by molar-refractivity contribution is -0.00508. The molecule has 0 N–H and O–H groups in total. The van der Waals surface area contributed by atoms with E-state index in [2.05, 4.69) is 15.2 Å². The van der Waals surface area contributed by atoms with Gasteiger partial charge >= 0.3 is 0 Å². The third kappa shape index (κ3) is 2.67. The first-order valence-corrected chi connectivity index (χ1v) is 8.90. The molecule has 2 aromatic rings. The maximum Gasteiger partial charge on any atom is 0.132 e. The highest BCUT2D eigenvalue weighted by Gasteiger charge is 2.41. The van der Waals surface area contributed by atoms with Crippen molar-refractivity contribution in [1.82, 2.24) is 19.9 Å². The summed E-state index contributed by atoms with van der Waals surface area (Å²) in [6.45, 7) is 5.02. The van der Waals surface area contributed by atoms with Crippen molar-refractivity contribution in [1.29, 1.82) is 0 Å². The van der Waals surface area contributed by atoms with Crippen molar-refractivity contribution in [3.63, 3.8) is 0 Å². The fourth-order valence-corrected chi connectivity index (χ4v) is 4.24. The Hall–Kier alpha value is -1.83. The van der Waals surface area contributed by atoms with Crippen molar-refractivity contribution >= 4 is 0 Å². The predicted molar refractivity (Wildman–Crippen MR) is 88.4 cm³/mol. The van der Waals surface area contributed by atoms with Crippen LogP contribution in [0.4, 0.5) is 4.39 Å². The van der Waals surface area contributed by atoms with Gasteiger partial charge in [0.1, 0.15) is 11.5 Å². The van der Waals surface area contributed by atoms with Gasteiger partial charge in [0.25, 0.3) is 0 Å². The SMILES string of the molecule is Fc1ccccc1-c1nnn2c1CO[C@H]1CN(C[C@H]3CCOC3)C[C@@H]12. The Morgan fingerprint density at radius 2 is 2.16 bits per heavy atom. The molecule has 0 spiro atoms. The Balaban J connectivity index is 1.39. The van der Waals surface area contributed by atoms with Gasteiger partial charge in [-0.05, 0) is 24.5 Å². The number of benzene rings is 1. The van der Waals surface area contributed by atoms with E-state index in [1.165, 1.54) is 6.07 Å². The van der Waals surface area contributed by atoms with E-state index in [1.54, 1.807) is 12.1 Å². The molecule has 4 heterocycles. The fraction of sp³-hybridized carbons (Fsp3) is 0.556. The summed E-state index contributed by atoms with van der Waals surface area (Å²) >= 11 is 0. The van der Waals surface area contributed by atoms with Crippen LogP contribution in [0.3, 0.4) is 0 Å². The normalized spacial score (nSPS) is 28.9. The van der Waals surface area contributed by atoms with Crippen LogP contribution in [0.2, 0.25) is 0 Å². The lowest BCUT2D eigenvalue weighted by Gasteiger charge is -2.26. The second kappa shape index (κ2) is 6.16. The van der Waals surface area contributed by atoms with E-state index in [-0.39, 0.29) is 18.0 Å². The summed E-state index contributed by atoms with van der Waals surface area (Å²) in [5.74, 6) is 0.339. The number of hydrogen-bond acceptors (Lipinski definition) is 5. The molecule has 0 aliphatic carbocycles. The summed E-state index contributed by atoms with van der Waals surface area (Å²) in [6, 6.07) is 6.85. The number of likely N-dealkylation sites (tertiary alicyclic amines) is 1. The van der Waals surface area contributed by atoms with Gasteiger partial charge in [0.15, 0.2) is 0 Å². The molecule has 7 heteroatoms. The van der Waals surface area contributed by atoms with Crippen LogP contribution >= 0.6 is 0 Å². The number of rotatable bonds is 3.